The minimum Gasteiger partial charge on any atom is -0.339 e. The number of amides is 1. The van der Waals surface area contributed by atoms with Crippen LogP contribution >= 0.6 is 11.6 Å². The lowest BCUT2D eigenvalue weighted by atomic mass is 9.96. The van der Waals surface area contributed by atoms with Crippen molar-refractivity contribution in [2.24, 2.45) is 11.7 Å². The largest absolute Gasteiger partial charge is 0.339 e. The van der Waals surface area contributed by atoms with Gasteiger partial charge >= 0.3 is 0 Å². The maximum absolute atomic E-state index is 13.6. The lowest BCUT2D eigenvalue weighted by Crippen LogP contribution is -2.40. The summed E-state index contributed by atoms with van der Waals surface area (Å²) in [6.07, 6.45) is 1.79. The summed E-state index contributed by atoms with van der Waals surface area (Å²) in [4.78, 5) is 14.0. The monoisotopic (exact) mass is 284 g/mol. The minimum absolute atomic E-state index is 0.195. The van der Waals surface area contributed by atoms with Gasteiger partial charge in [-0.1, -0.05) is 11.6 Å². The molecule has 1 aliphatic rings. The maximum atomic E-state index is 13.6. The van der Waals surface area contributed by atoms with Gasteiger partial charge in [0.15, 0.2) is 0 Å². The van der Waals surface area contributed by atoms with E-state index in [0.717, 1.165) is 12.8 Å². The standard InChI is InChI=1S/C14H18ClFN2O/c1-9-6-12(15)11(7-13(9)16)14(19)18-4-2-10(8-17)3-5-18/h6-7,10H,2-5,8,17H2,1H3. The van der Waals surface area contributed by atoms with Crippen LogP contribution in [0.5, 0.6) is 0 Å². The maximum Gasteiger partial charge on any atom is 0.255 e. The van der Waals surface area contributed by atoms with E-state index in [0.29, 0.717) is 36.1 Å². The third-order valence-electron chi connectivity index (χ3n) is 3.71. The van der Waals surface area contributed by atoms with Crippen molar-refractivity contribution in [2.75, 3.05) is 19.6 Å². The van der Waals surface area contributed by atoms with E-state index in [1.807, 2.05) is 0 Å². The summed E-state index contributed by atoms with van der Waals surface area (Å²) in [6, 6.07) is 2.73. The number of rotatable bonds is 2. The van der Waals surface area contributed by atoms with Crippen molar-refractivity contribution in [3.05, 3.63) is 34.1 Å². The molecule has 2 N–H and O–H groups in total. The molecule has 2 rings (SSSR count). The van der Waals surface area contributed by atoms with E-state index < -0.39 is 5.82 Å². The molecule has 3 nitrogen and oxygen atoms in total. The van der Waals surface area contributed by atoms with Crippen molar-refractivity contribution in [2.45, 2.75) is 19.8 Å². The minimum atomic E-state index is -0.399. The first-order chi connectivity index (χ1) is 9.02. The quantitative estimate of drug-likeness (QED) is 0.907. The third-order valence-corrected chi connectivity index (χ3v) is 4.03. The number of benzene rings is 1. The van der Waals surface area contributed by atoms with Crippen LogP contribution in [0.2, 0.25) is 5.02 Å². The van der Waals surface area contributed by atoms with E-state index >= 15 is 0 Å². The molecule has 1 aromatic carbocycles. The third kappa shape index (κ3) is 3.07. The normalized spacial score (nSPS) is 16.7. The van der Waals surface area contributed by atoms with Gasteiger partial charge in [-0.3, -0.25) is 4.79 Å². The number of carbonyl (C=O) groups is 1. The average Bonchev–Trinajstić information content (AvgIpc) is 2.42. The molecule has 0 atom stereocenters. The van der Waals surface area contributed by atoms with E-state index in [1.165, 1.54) is 12.1 Å². The molecule has 0 saturated carbocycles. The zero-order valence-electron chi connectivity index (χ0n) is 11.0. The molecule has 0 unspecified atom stereocenters. The Balaban J connectivity index is 2.14. The van der Waals surface area contributed by atoms with Crippen LogP contribution in [0.3, 0.4) is 0 Å². The molecule has 1 saturated heterocycles. The number of nitrogens with zero attached hydrogens (tertiary/aromatic N) is 1. The van der Waals surface area contributed by atoms with Gasteiger partial charge in [0.25, 0.3) is 5.91 Å². The number of hydrogen-bond donors (Lipinski definition) is 1. The Labute approximate surface area is 117 Å². The Morgan fingerprint density at radius 1 is 1.47 bits per heavy atom. The highest BCUT2D eigenvalue weighted by atomic mass is 35.5. The van der Waals surface area contributed by atoms with E-state index in [1.54, 1.807) is 11.8 Å². The topological polar surface area (TPSA) is 46.3 Å². The molecule has 0 aliphatic carbocycles. The number of aryl methyl sites for hydroxylation is 1. The van der Waals surface area contributed by atoms with Crippen LogP contribution in [-0.2, 0) is 0 Å². The van der Waals surface area contributed by atoms with Gasteiger partial charge in [0.05, 0.1) is 10.6 Å². The number of hydrogen-bond acceptors (Lipinski definition) is 2. The lowest BCUT2D eigenvalue weighted by molar-refractivity contribution is 0.0693. The fourth-order valence-corrected chi connectivity index (χ4v) is 2.65. The van der Waals surface area contributed by atoms with E-state index in [9.17, 15) is 9.18 Å². The van der Waals surface area contributed by atoms with Gasteiger partial charge in [-0.2, -0.15) is 0 Å². The second-order valence-electron chi connectivity index (χ2n) is 5.05. The highest BCUT2D eigenvalue weighted by Crippen LogP contribution is 2.24. The Morgan fingerprint density at radius 3 is 2.68 bits per heavy atom. The van der Waals surface area contributed by atoms with Gasteiger partial charge < -0.3 is 10.6 Å². The highest BCUT2D eigenvalue weighted by Gasteiger charge is 2.24. The molecule has 0 bridgehead atoms. The number of nitrogens with two attached hydrogens (primary N) is 1. The van der Waals surface area contributed by atoms with Crippen molar-refractivity contribution >= 4 is 17.5 Å². The number of likely N-dealkylation sites (tertiary alicyclic amines) is 1. The summed E-state index contributed by atoms with van der Waals surface area (Å²) < 4.78 is 13.6. The van der Waals surface area contributed by atoms with Gasteiger partial charge in [-0.05, 0) is 49.9 Å². The molecule has 1 aliphatic heterocycles. The van der Waals surface area contributed by atoms with E-state index in [4.69, 9.17) is 17.3 Å². The molecule has 1 aromatic rings. The molecular weight excluding hydrogens is 267 g/mol. The smallest absolute Gasteiger partial charge is 0.255 e. The molecule has 1 amide bonds. The molecule has 0 spiro atoms. The zero-order chi connectivity index (χ0) is 14.0. The van der Waals surface area contributed by atoms with Crippen LogP contribution in [0.1, 0.15) is 28.8 Å². The van der Waals surface area contributed by atoms with Crippen LogP contribution in [0.15, 0.2) is 12.1 Å². The molecule has 19 heavy (non-hydrogen) atoms. The number of piperidine rings is 1. The molecular formula is C14H18ClFN2O. The van der Waals surface area contributed by atoms with E-state index in [-0.39, 0.29) is 11.5 Å². The predicted molar refractivity (Wildman–Crippen MR) is 73.8 cm³/mol. The summed E-state index contributed by atoms with van der Waals surface area (Å²) in [7, 11) is 0. The summed E-state index contributed by atoms with van der Waals surface area (Å²) in [5, 5.41) is 0.310. The fourth-order valence-electron chi connectivity index (χ4n) is 2.35. The molecule has 1 heterocycles. The van der Waals surface area contributed by atoms with Crippen LogP contribution < -0.4 is 5.73 Å². The molecule has 1 fully saturated rings. The van der Waals surface area contributed by atoms with Crippen LogP contribution in [0.4, 0.5) is 4.39 Å². The van der Waals surface area contributed by atoms with Gasteiger partial charge in [-0.25, -0.2) is 4.39 Å². The van der Waals surface area contributed by atoms with Crippen molar-refractivity contribution in [1.29, 1.82) is 0 Å². The first-order valence-corrected chi connectivity index (χ1v) is 6.85. The molecule has 0 aromatic heterocycles. The van der Waals surface area contributed by atoms with Crippen molar-refractivity contribution in [3.63, 3.8) is 0 Å². The SMILES string of the molecule is Cc1cc(Cl)c(C(=O)N2CCC(CN)CC2)cc1F. The van der Waals surface area contributed by atoms with Crippen LogP contribution in [0.25, 0.3) is 0 Å². The first kappa shape index (κ1) is 14.3. The van der Waals surface area contributed by atoms with E-state index in [2.05, 4.69) is 0 Å². The fraction of sp³-hybridized carbons (Fsp3) is 0.500. The molecule has 0 radical (unpaired) electrons. The van der Waals surface area contributed by atoms with Crippen molar-refractivity contribution in [1.82, 2.24) is 4.90 Å². The van der Waals surface area contributed by atoms with Crippen molar-refractivity contribution in [3.8, 4) is 0 Å². The van der Waals surface area contributed by atoms with Crippen LogP contribution in [0, 0.1) is 18.7 Å². The Morgan fingerprint density at radius 2 is 2.11 bits per heavy atom. The predicted octanol–water partition coefficient (Wildman–Crippen LogP) is 2.60. The number of halogens is 2. The summed E-state index contributed by atoms with van der Waals surface area (Å²) in [6.45, 7) is 3.60. The Hall–Kier alpha value is -1.13. The van der Waals surface area contributed by atoms with Gasteiger partial charge in [0, 0.05) is 13.1 Å². The lowest BCUT2D eigenvalue weighted by Gasteiger charge is -2.31. The second kappa shape index (κ2) is 5.88. The molecule has 104 valence electrons. The van der Waals surface area contributed by atoms with Gasteiger partial charge in [0.2, 0.25) is 0 Å². The van der Waals surface area contributed by atoms with Gasteiger partial charge in [-0.15, -0.1) is 0 Å². The first-order valence-electron chi connectivity index (χ1n) is 6.48. The number of carbonyl (C=O) groups excluding carboxylic acids is 1. The van der Waals surface area contributed by atoms with Crippen LogP contribution in [-0.4, -0.2) is 30.4 Å². The second-order valence-corrected chi connectivity index (χ2v) is 5.46. The Kier molecular flexibility index (Phi) is 4.42. The zero-order valence-corrected chi connectivity index (χ0v) is 11.7. The van der Waals surface area contributed by atoms with Gasteiger partial charge in [0.1, 0.15) is 5.82 Å². The molecule has 5 heteroatoms. The highest BCUT2D eigenvalue weighted by molar-refractivity contribution is 6.33. The Bertz CT molecular complexity index is 485. The summed E-state index contributed by atoms with van der Waals surface area (Å²) >= 11 is 6.04. The van der Waals surface area contributed by atoms with Crippen molar-refractivity contribution < 1.29 is 9.18 Å². The average molecular weight is 285 g/mol. The summed E-state index contributed by atoms with van der Waals surface area (Å²) in [5.74, 6) is -0.113. The summed E-state index contributed by atoms with van der Waals surface area (Å²) in [5.41, 5.74) is 6.32.